The molecule has 1 spiro atoms. The van der Waals surface area contributed by atoms with E-state index < -0.39 is 0 Å². The van der Waals surface area contributed by atoms with Gasteiger partial charge in [-0.05, 0) is 25.2 Å². The van der Waals surface area contributed by atoms with Gasteiger partial charge >= 0.3 is 0 Å². The quantitative estimate of drug-likeness (QED) is 0.531. The molecule has 2 nitrogen and oxygen atoms in total. The van der Waals surface area contributed by atoms with Crippen LogP contribution in [0.2, 0.25) is 0 Å². The van der Waals surface area contributed by atoms with Crippen LogP contribution in [-0.2, 0) is 9.47 Å². The first-order valence-electron chi connectivity index (χ1n) is 5.34. The van der Waals surface area contributed by atoms with Crippen LogP contribution in [0.4, 0.5) is 0 Å². The Kier molecular flexibility index (Phi) is 1.74. The highest BCUT2D eigenvalue weighted by Gasteiger charge is 2.48. The minimum Gasteiger partial charge on any atom is -0.347 e. The Labute approximate surface area is 78.9 Å². The van der Waals surface area contributed by atoms with Crippen molar-refractivity contribution in [3.63, 3.8) is 0 Å². The van der Waals surface area contributed by atoms with Gasteiger partial charge in [0.2, 0.25) is 0 Å². The normalized spacial score (nSPS) is 41.2. The Morgan fingerprint density at radius 2 is 2.08 bits per heavy atom. The van der Waals surface area contributed by atoms with Crippen molar-refractivity contribution in [2.24, 2.45) is 11.8 Å². The molecule has 1 saturated heterocycles. The van der Waals surface area contributed by atoms with Crippen LogP contribution in [0.5, 0.6) is 0 Å². The Balaban J connectivity index is 1.86. The summed E-state index contributed by atoms with van der Waals surface area (Å²) in [5.74, 6) is 1.25. The van der Waals surface area contributed by atoms with Gasteiger partial charge in [0, 0.05) is 12.3 Å². The molecule has 0 amide bonds. The third-order valence-corrected chi connectivity index (χ3v) is 3.68. The molecule has 1 saturated carbocycles. The van der Waals surface area contributed by atoms with E-state index in [1.807, 2.05) is 0 Å². The number of hydrogen-bond donors (Lipinski definition) is 0. The third-order valence-electron chi connectivity index (χ3n) is 3.68. The second kappa shape index (κ2) is 2.82. The highest BCUT2D eigenvalue weighted by Crippen LogP contribution is 2.46. The van der Waals surface area contributed by atoms with E-state index in [2.05, 4.69) is 12.2 Å². The van der Waals surface area contributed by atoms with Gasteiger partial charge in [0.05, 0.1) is 13.2 Å². The number of hydrogen-bond acceptors (Lipinski definition) is 2. The maximum atomic E-state index is 5.81. The summed E-state index contributed by atoms with van der Waals surface area (Å²) in [6.45, 7) is 1.59. The van der Waals surface area contributed by atoms with Crippen molar-refractivity contribution in [3.05, 3.63) is 12.2 Å². The molecule has 0 aromatic rings. The van der Waals surface area contributed by atoms with Gasteiger partial charge in [-0.15, -0.1) is 0 Å². The summed E-state index contributed by atoms with van der Waals surface area (Å²) in [5, 5.41) is 0. The molecule has 3 aliphatic rings. The average molecular weight is 180 g/mol. The molecule has 0 aromatic carbocycles. The summed E-state index contributed by atoms with van der Waals surface area (Å²) in [7, 11) is 0. The van der Waals surface area contributed by atoms with Crippen LogP contribution in [0, 0.1) is 11.8 Å². The molecule has 0 radical (unpaired) electrons. The fourth-order valence-electron chi connectivity index (χ4n) is 2.99. The lowest BCUT2D eigenvalue weighted by atomic mass is 9.72. The molecular weight excluding hydrogens is 164 g/mol. The molecule has 2 bridgehead atoms. The van der Waals surface area contributed by atoms with Crippen molar-refractivity contribution >= 4 is 0 Å². The fraction of sp³-hybridized carbons (Fsp3) is 0.818. The number of ether oxygens (including phenoxy) is 2. The van der Waals surface area contributed by atoms with Crippen LogP contribution in [0.25, 0.3) is 0 Å². The molecule has 72 valence electrons. The third kappa shape index (κ3) is 1.16. The van der Waals surface area contributed by atoms with Gasteiger partial charge in [-0.1, -0.05) is 12.2 Å². The zero-order chi connectivity index (χ0) is 8.73. The van der Waals surface area contributed by atoms with Crippen molar-refractivity contribution in [2.45, 2.75) is 31.5 Å². The summed E-state index contributed by atoms with van der Waals surface area (Å²) in [5.41, 5.74) is 0. The highest BCUT2D eigenvalue weighted by atomic mass is 16.7. The smallest absolute Gasteiger partial charge is 0.171 e. The van der Waals surface area contributed by atoms with Crippen LogP contribution < -0.4 is 0 Å². The lowest BCUT2D eigenvalue weighted by Gasteiger charge is -2.43. The molecule has 0 aromatic heterocycles. The molecule has 2 unspecified atom stereocenters. The molecule has 1 heterocycles. The van der Waals surface area contributed by atoms with Crippen LogP contribution in [0.1, 0.15) is 25.7 Å². The Bertz CT molecular complexity index is 228. The zero-order valence-corrected chi connectivity index (χ0v) is 7.87. The first kappa shape index (κ1) is 8.01. The van der Waals surface area contributed by atoms with E-state index in [0.717, 1.165) is 32.0 Å². The first-order valence-corrected chi connectivity index (χ1v) is 5.34. The van der Waals surface area contributed by atoms with Gasteiger partial charge in [0.25, 0.3) is 0 Å². The average Bonchev–Trinajstić information content (AvgIpc) is 2.63. The summed E-state index contributed by atoms with van der Waals surface area (Å²) in [6.07, 6.45) is 9.45. The Hall–Kier alpha value is -0.340. The molecule has 1 aliphatic heterocycles. The van der Waals surface area contributed by atoms with Gasteiger partial charge in [0.1, 0.15) is 0 Å². The number of fused-ring (bicyclic) bond motifs is 3. The van der Waals surface area contributed by atoms with Crippen molar-refractivity contribution in [1.29, 1.82) is 0 Å². The molecular formula is C11H16O2. The molecule has 2 aliphatic carbocycles. The van der Waals surface area contributed by atoms with Crippen molar-refractivity contribution in [1.82, 2.24) is 0 Å². The summed E-state index contributed by atoms with van der Waals surface area (Å²) in [4.78, 5) is 0. The van der Waals surface area contributed by atoms with Crippen LogP contribution >= 0.6 is 0 Å². The number of allylic oxidation sites excluding steroid dienone is 2. The predicted molar refractivity (Wildman–Crippen MR) is 49.2 cm³/mol. The Morgan fingerprint density at radius 3 is 2.92 bits per heavy atom. The maximum Gasteiger partial charge on any atom is 0.171 e. The van der Waals surface area contributed by atoms with E-state index in [-0.39, 0.29) is 5.79 Å². The van der Waals surface area contributed by atoms with Crippen molar-refractivity contribution < 1.29 is 9.47 Å². The second-order valence-corrected chi connectivity index (χ2v) is 4.40. The fourth-order valence-corrected chi connectivity index (χ4v) is 2.99. The summed E-state index contributed by atoms with van der Waals surface area (Å²) in [6, 6.07) is 0. The van der Waals surface area contributed by atoms with Gasteiger partial charge in [-0.25, -0.2) is 0 Å². The molecule has 0 N–H and O–H groups in total. The number of rotatable bonds is 0. The van der Waals surface area contributed by atoms with Gasteiger partial charge in [-0.2, -0.15) is 0 Å². The topological polar surface area (TPSA) is 18.5 Å². The van der Waals surface area contributed by atoms with E-state index >= 15 is 0 Å². The van der Waals surface area contributed by atoms with E-state index in [9.17, 15) is 0 Å². The van der Waals surface area contributed by atoms with Gasteiger partial charge < -0.3 is 9.47 Å². The van der Waals surface area contributed by atoms with E-state index in [0.29, 0.717) is 5.92 Å². The highest BCUT2D eigenvalue weighted by molar-refractivity contribution is 5.04. The molecule has 13 heavy (non-hydrogen) atoms. The van der Waals surface area contributed by atoms with Crippen molar-refractivity contribution in [3.8, 4) is 0 Å². The predicted octanol–water partition coefficient (Wildman–Crippen LogP) is 2.11. The van der Waals surface area contributed by atoms with Gasteiger partial charge in [0.15, 0.2) is 5.79 Å². The van der Waals surface area contributed by atoms with E-state index in [1.54, 1.807) is 0 Å². The molecule has 2 fully saturated rings. The molecule has 2 atom stereocenters. The van der Waals surface area contributed by atoms with E-state index in [4.69, 9.17) is 9.47 Å². The SMILES string of the molecule is C1=CC2CCC3(OCCO3)C(C1)C2. The molecule has 3 rings (SSSR count). The molecule has 2 heteroatoms. The lowest BCUT2D eigenvalue weighted by Crippen LogP contribution is -2.44. The standard InChI is InChI=1S/C11H16O2/c1-2-9-4-5-11(10(3-1)8-9)12-6-7-13-11/h1-2,9-10H,3-8H2. The Morgan fingerprint density at radius 1 is 1.23 bits per heavy atom. The van der Waals surface area contributed by atoms with Crippen molar-refractivity contribution in [2.75, 3.05) is 13.2 Å². The first-order chi connectivity index (χ1) is 6.39. The summed E-state index contributed by atoms with van der Waals surface area (Å²) < 4.78 is 11.6. The largest absolute Gasteiger partial charge is 0.347 e. The lowest BCUT2D eigenvalue weighted by molar-refractivity contribution is -0.217. The van der Waals surface area contributed by atoms with Crippen LogP contribution in [0.3, 0.4) is 0 Å². The van der Waals surface area contributed by atoms with Crippen LogP contribution in [0.15, 0.2) is 12.2 Å². The minimum atomic E-state index is -0.179. The zero-order valence-electron chi connectivity index (χ0n) is 7.87. The minimum absolute atomic E-state index is 0.179. The summed E-state index contributed by atoms with van der Waals surface area (Å²) >= 11 is 0. The maximum absolute atomic E-state index is 5.81. The monoisotopic (exact) mass is 180 g/mol. The van der Waals surface area contributed by atoms with Crippen LogP contribution in [-0.4, -0.2) is 19.0 Å². The second-order valence-electron chi connectivity index (χ2n) is 4.40. The van der Waals surface area contributed by atoms with Gasteiger partial charge in [-0.3, -0.25) is 0 Å². The van der Waals surface area contributed by atoms with E-state index in [1.165, 1.54) is 12.8 Å².